The summed E-state index contributed by atoms with van der Waals surface area (Å²) in [6.07, 6.45) is 3.68. The molecule has 1 spiro atoms. The van der Waals surface area contributed by atoms with Gasteiger partial charge in [-0.3, -0.25) is 9.36 Å². The summed E-state index contributed by atoms with van der Waals surface area (Å²) in [7, 11) is 1.79. The van der Waals surface area contributed by atoms with Crippen molar-refractivity contribution < 1.29 is 4.74 Å². The summed E-state index contributed by atoms with van der Waals surface area (Å²) in [4.78, 5) is 24.4. The molecule has 2 aromatic heterocycles. The molecule has 9 nitrogen and oxygen atoms in total. The number of hydrogen-bond acceptors (Lipinski definition) is 8. The minimum absolute atomic E-state index is 0.0329. The highest BCUT2D eigenvalue weighted by Crippen LogP contribution is 2.42. The minimum Gasteiger partial charge on any atom is -0.376 e. The molecule has 2 fully saturated rings. The maximum Gasteiger partial charge on any atom is 0.262 e. The number of pyridine rings is 1. The molecule has 30 heavy (non-hydrogen) atoms. The topological polar surface area (TPSA) is 110 Å². The van der Waals surface area contributed by atoms with Crippen molar-refractivity contribution >= 4 is 27.7 Å². The third-order valence-electron chi connectivity index (χ3n) is 6.90. The van der Waals surface area contributed by atoms with Gasteiger partial charge < -0.3 is 20.8 Å². The van der Waals surface area contributed by atoms with Gasteiger partial charge in [-0.2, -0.15) is 4.98 Å². The Labute approximate surface area is 183 Å². The Morgan fingerprint density at radius 3 is 2.80 bits per heavy atom. The normalized spacial score (nSPS) is 27.3. The van der Waals surface area contributed by atoms with Crippen molar-refractivity contribution in [2.45, 2.75) is 38.0 Å². The predicted molar refractivity (Wildman–Crippen MR) is 117 cm³/mol. The predicted octanol–water partition coefficient (Wildman–Crippen LogP) is 1.29. The van der Waals surface area contributed by atoms with E-state index in [4.69, 9.17) is 15.5 Å². The minimum atomic E-state index is -0.278. The van der Waals surface area contributed by atoms with Crippen molar-refractivity contribution in [2.75, 3.05) is 30.0 Å². The lowest BCUT2D eigenvalue weighted by Gasteiger charge is -2.41. The highest BCUT2D eigenvalue weighted by atomic mass is 79.9. The van der Waals surface area contributed by atoms with E-state index in [1.165, 1.54) is 0 Å². The molecule has 2 aromatic rings. The van der Waals surface area contributed by atoms with Crippen LogP contribution in [0, 0.1) is 5.41 Å². The van der Waals surface area contributed by atoms with E-state index in [0.29, 0.717) is 23.9 Å². The Hall–Kier alpha value is -2.01. The number of nitrogens with zero attached hydrogens (tertiary/aromatic N) is 4. The van der Waals surface area contributed by atoms with Crippen molar-refractivity contribution in [1.82, 2.24) is 20.0 Å². The molecular formula is C20H26BrN7O2. The third kappa shape index (κ3) is 3.05. The van der Waals surface area contributed by atoms with Crippen LogP contribution in [0.4, 0.5) is 11.8 Å². The molecule has 0 aliphatic carbocycles. The summed E-state index contributed by atoms with van der Waals surface area (Å²) in [5.74, 6) is 1.26. The van der Waals surface area contributed by atoms with Crippen molar-refractivity contribution in [1.29, 1.82) is 0 Å². The van der Waals surface area contributed by atoms with E-state index in [0.717, 1.165) is 36.1 Å². The molecule has 1 unspecified atom stereocenters. The van der Waals surface area contributed by atoms with E-state index in [2.05, 4.69) is 36.7 Å². The first-order valence-corrected chi connectivity index (χ1v) is 11.0. The second-order valence-electron chi connectivity index (χ2n) is 8.54. The molecule has 5 heterocycles. The average Bonchev–Trinajstić information content (AvgIpc) is 3.29. The summed E-state index contributed by atoms with van der Waals surface area (Å²) in [6, 6.07) is 3.58. The van der Waals surface area contributed by atoms with Gasteiger partial charge in [0, 0.05) is 37.8 Å². The summed E-state index contributed by atoms with van der Waals surface area (Å²) >= 11 is 3.40. The Morgan fingerprint density at radius 2 is 2.13 bits per heavy atom. The van der Waals surface area contributed by atoms with Crippen LogP contribution in [0.1, 0.15) is 36.9 Å². The number of rotatable bonds is 2. The zero-order chi connectivity index (χ0) is 21.0. The first-order valence-electron chi connectivity index (χ1n) is 10.3. The molecule has 0 aromatic carbocycles. The Balaban J connectivity index is 1.43. The summed E-state index contributed by atoms with van der Waals surface area (Å²) in [6.45, 7) is 4.37. The van der Waals surface area contributed by atoms with Crippen molar-refractivity contribution in [3.8, 4) is 0 Å². The number of piperidine rings is 1. The van der Waals surface area contributed by atoms with E-state index in [1.807, 2.05) is 19.1 Å². The van der Waals surface area contributed by atoms with E-state index < -0.39 is 0 Å². The van der Waals surface area contributed by atoms with Gasteiger partial charge in [0.05, 0.1) is 24.3 Å². The van der Waals surface area contributed by atoms with Crippen molar-refractivity contribution in [2.24, 2.45) is 18.2 Å². The Kier molecular flexibility index (Phi) is 4.85. The van der Waals surface area contributed by atoms with Gasteiger partial charge in [0.15, 0.2) is 5.82 Å². The molecule has 10 heteroatoms. The average molecular weight is 476 g/mol. The number of fused-ring (bicyclic) bond motifs is 1. The second kappa shape index (κ2) is 7.30. The molecule has 0 bridgehead atoms. The zero-order valence-electron chi connectivity index (χ0n) is 17.1. The van der Waals surface area contributed by atoms with E-state index >= 15 is 0 Å². The lowest BCUT2D eigenvalue weighted by atomic mass is 9.73. The lowest BCUT2D eigenvalue weighted by Crippen LogP contribution is -2.51. The molecular weight excluding hydrogens is 450 g/mol. The third-order valence-corrected chi connectivity index (χ3v) is 7.33. The van der Waals surface area contributed by atoms with E-state index in [1.54, 1.807) is 17.8 Å². The van der Waals surface area contributed by atoms with Gasteiger partial charge in [0.1, 0.15) is 4.60 Å². The quantitative estimate of drug-likeness (QED) is 0.557. The van der Waals surface area contributed by atoms with E-state index in [-0.39, 0.29) is 29.2 Å². The molecule has 0 saturated carbocycles. The van der Waals surface area contributed by atoms with Gasteiger partial charge in [-0.05, 0) is 53.4 Å². The van der Waals surface area contributed by atoms with Crippen LogP contribution in [0.2, 0.25) is 0 Å². The SMILES string of the molecule is C[C@@H]1OCC2(CCN(c3nc4c(c(=O)n3C)C(c3ccnc(Br)c3)NN4)CC2)[C@@H]1N. The summed E-state index contributed by atoms with van der Waals surface area (Å²) in [5, 5.41) is 0. The Morgan fingerprint density at radius 1 is 1.37 bits per heavy atom. The number of anilines is 2. The van der Waals surface area contributed by atoms with Crippen LogP contribution in [0.5, 0.6) is 0 Å². The van der Waals surface area contributed by atoms with Crippen LogP contribution in [0.15, 0.2) is 27.7 Å². The van der Waals surface area contributed by atoms with Gasteiger partial charge in [0.2, 0.25) is 5.95 Å². The number of halogens is 1. The van der Waals surface area contributed by atoms with Gasteiger partial charge >= 0.3 is 0 Å². The first kappa shape index (κ1) is 19.9. The number of hydrogen-bond donors (Lipinski definition) is 3. The number of aromatic nitrogens is 3. The fraction of sp³-hybridized carbons (Fsp3) is 0.550. The monoisotopic (exact) mass is 475 g/mol. The number of nitrogens with one attached hydrogen (secondary N) is 2. The van der Waals surface area contributed by atoms with Gasteiger partial charge in [-0.15, -0.1) is 0 Å². The largest absolute Gasteiger partial charge is 0.376 e. The van der Waals surface area contributed by atoms with Crippen LogP contribution >= 0.6 is 15.9 Å². The van der Waals surface area contributed by atoms with Crippen LogP contribution in [-0.4, -0.2) is 46.4 Å². The highest BCUT2D eigenvalue weighted by Gasteiger charge is 2.48. The molecule has 5 rings (SSSR count). The number of hydrazine groups is 1. The molecule has 4 N–H and O–H groups in total. The second-order valence-corrected chi connectivity index (χ2v) is 9.36. The first-order chi connectivity index (χ1) is 14.4. The smallest absolute Gasteiger partial charge is 0.262 e. The maximum atomic E-state index is 13.3. The fourth-order valence-corrected chi connectivity index (χ4v) is 5.31. The molecule has 160 valence electrons. The molecule has 2 saturated heterocycles. The summed E-state index contributed by atoms with van der Waals surface area (Å²) in [5.41, 5.74) is 14.3. The van der Waals surface area contributed by atoms with Crippen LogP contribution in [0.25, 0.3) is 0 Å². The Bertz CT molecular complexity index is 1030. The molecule has 3 aliphatic heterocycles. The molecule has 0 amide bonds. The van der Waals surface area contributed by atoms with E-state index in [9.17, 15) is 4.79 Å². The van der Waals surface area contributed by atoms with Gasteiger partial charge in [-0.25, -0.2) is 10.4 Å². The standard InChI is InChI=1S/C20H26BrN7O2/c1-11-16(22)20(10-30-11)4-7-28(8-5-20)19-24-17-14(18(29)27(19)2)15(25-26-17)12-3-6-23-13(21)9-12/h3,6,9,11,15-16,25-26H,4-5,7-8,10,22H2,1-2H3/t11-,15?,16+/m0/s1. The molecule has 3 aliphatic rings. The zero-order valence-corrected chi connectivity index (χ0v) is 18.6. The fourth-order valence-electron chi connectivity index (χ4n) is 4.93. The van der Waals surface area contributed by atoms with Crippen LogP contribution in [0.3, 0.4) is 0 Å². The lowest BCUT2D eigenvalue weighted by molar-refractivity contribution is 0.0973. The van der Waals surface area contributed by atoms with Crippen LogP contribution in [-0.2, 0) is 11.8 Å². The molecule has 3 atom stereocenters. The number of ether oxygens (including phenoxy) is 1. The van der Waals surface area contributed by atoms with Crippen LogP contribution < -0.4 is 27.0 Å². The van der Waals surface area contributed by atoms with Gasteiger partial charge in [-0.1, -0.05) is 0 Å². The van der Waals surface area contributed by atoms with Crippen molar-refractivity contribution in [3.05, 3.63) is 44.4 Å². The maximum absolute atomic E-state index is 13.3. The van der Waals surface area contributed by atoms with Crippen molar-refractivity contribution in [3.63, 3.8) is 0 Å². The number of nitrogens with two attached hydrogens (primary N) is 1. The highest BCUT2D eigenvalue weighted by molar-refractivity contribution is 9.10. The van der Waals surface area contributed by atoms with Gasteiger partial charge in [0.25, 0.3) is 5.56 Å². The molecule has 0 radical (unpaired) electrons. The summed E-state index contributed by atoms with van der Waals surface area (Å²) < 4.78 is 8.20.